The van der Waals surface area contributed by atoms with Crippen LogP contribution in [0.25, 0.3) is 0 Å². The highest BCUT2D eigenvalue weighted by molar-refractivity contribution is 5.53. The Kier molecular flexibility index (Phi) is 6.45. The van der Waals surface area contributed by atoms with Crippen molar-refractivity contribution in [1.82, 2.24) is 4.98 Å². The summed E-state index contributed by atoms with van der Waals surface area (Å²) in [5, 5.41) is 6.68. The van der Waals surface area contributed by atoms with Gasteiger partial charge in [0.05, 0.1) is 23.8 Å². The van der Waals surface area contributed by atoms with Gasteiger partial charge in [0.1, 0.15) is 0 Å². The van der Waals surface area contributed by atoms with E-state index in [0.29, 0.717) is 0 Å². The van der Waals surface area contributed by atoms with Crippen molar-refractivity contribution in [2.45, 2.75) is 40.0 Å². The highest BCUT2D eigenvalue weighted by Gasteiger charge is 1.96. The van der Waals surface area contributed by atoms with Crippen LogP contribution in [0.3, 0.4) is 0 Å². The largest absolute Gasteiger partial charge is 0.384 e. The maximum atomic E-state index is 4.21. The average molecular weight is 235 g/mol. The van der Waals surface area contributed by atoms with Crippen LogP contribution in [0.2, 0.25) is 0 Å². The van der Waals surface area contributed by atoms with Crippen molar-refractivity contribution in [3.05, 3.63) is 18.5 Å². The van der Waals surface area contributed by atoms with E-state index < -0.39 is 0 Å². The zero-order valence-corrected chi connectivity index (χ0v) is 11.3. The van der Waals surface area contributed by atoms with Crippen molar-refractivity contribution in [1.29, 1.82) is 0 Å². The molecular formula is C14H25N3. The average Bonchev–Trinajstić information content (AvgIpc) is 2.29. The van der Waals surface area contributed by atoms with Crippen LogP contribution in [0.5, 0.6) is 0 Å². The number of unbranched alkanes of at least 4 members (excludes halogenated alkanes) is 1. The van der Waals surface area contributed by atoms with E-state index in [2.05, 4.69) is 42.5 Å². The molecule has 3 nitrogen and oxygen atoms in total. The molecule has 0 fully saturated rings. The second kappa shape index (κ2) is 7.93. The molecule has 0 aliphatic carbocycles. The molecule has 0 aliphatic rings. The normalized spacial score (nSPS) is 10.6. The van der Waals surface area contributed by atoms with Gasteiger partial charge < -0.3 is 10.6 Å². The zero-order valence-electron chi connectivity index (χ0n) is 11.3. The molecule has 0 radical (unpaired) electrons. The lowest BCUT2D eigenvalue weighted by Gasteiger charge is -2.09. The van der Waals surface area contributed by atoms with Crippen molar-refractivity contribution in [3.63, 3.8) is 0 Å². The van der Waals surface area contributed by atoms with E-state index in [1.54, 1.807) is 0 Å². The van der Waals surface area contributed by atoms with E-state index in [1.165, 1.54) is 19.3 Å². The molecule has 0 atom stereocenters. The Hall–Kier alpha value is -1.25. The summed E-state index contributed by atoms with van der Waals surface area (Å²) in [5.74, 6) is 0.814. The third kappa shape index (κ3) is 6.15. The van der Waals surface area contributed by atoms with Crippen LogP contribution in [0.1, 0.15) is 40.0 Å². The van der Waals surface area contributed by atoms with Gasteiger partial charge in [-0.15, -0.1) is 0 Å². The standard InChI is InChI=1S/C14H25N3/c1-4-16-13-9-14(11-15-10-13)17-8-6-5-7-12(2)3/h9-12,16-17H,4-8H2,1-3H3. The summed E-state index contributed by atoms with van der Waals surface area (Å²) in [6.07, 6.45) is 7.57. The van der Waals surface area contributed by atoms with Crippen LogP contribution in [-0.2, 0) is 0 Å². The lowest BCUT2D eigenvalue weighted by atomic mass is 10.1. The molecule has 1 aromatic heterocycles. The first-order chi connectivity index (χ1) is 8.22. The highest BCUT2D eigenvalue weighted by atomic mass is 14.9. The molecular weight excluding hydrogens is 210 g/mol. The van der Waals surface area contributed by atoms with E-state index in [1.807, 2.05) is 12.4 Å². The Labute approximate surface area is 105 Å². The lowest BCUT2D eigenvalue weighted by molar-refractivity contribution is 0.545. The second-order valence-corrected chi connectivity index (χ2v) is 4.81. The molecule has 0 spiro atoms. The fourth-order valence-electron chi connectivity index (χ4n) is 1.75. The molecule has 0 saturated heterocycles. The summed E-state index contributed by atoms with van der Waals surface area (Å²) in [5.41, 5.74) is 2.19. The fraction of sp³-hybridized carbons (Fsp3) is 0.643. The van der Waals surface area contributed by atoms with Gasteiger partial charge >= 0.3 is 0 Å². The van der Waals surface area contributed by atoms with E-state index in [-0.39, 0.29) is 0 Å². The summed E-state index contributed by atoms with van der Waals surface area (Å²) in [7, 11) is 0. The summed E-state index contributed by atoms with van der Waals surface area (Å²) in [6.45, 7) is 8.60. The maximum absolute atomic E-state index is 4.21. The van der Waals surface area contributed by atoms with Crippen molar-refractivity contribution < 1.29 is 0 Å². The van der Waals surface area contributed by atoms with Crippen LogP contribution < -0.4 is 10.6 Å². The van der Waals surface area contributed by atoms with Crippen LogP contribution in [0.15, 0.2) is 18.5 Å². The topological polar surface area (TPSA) is 37.0 Å². The maximum Gasteiger partial charge on any atom is 0.0547 e. The minimum Gasteiger partial charge on any atom is -0.384 e. The number of pyridine rings is 1. The van der Waals surface area contributed by atoms with Gasteiger partial charge in [0.2, 0.25) is 0 Å². The summed E-state index contributed by atoms with van der Waals surface area (Å²) in [6, 6.07) is 2.11. The molecule has 3 heteroatoms. The van der Waals surface area contributed by atoms with Crippen LogP contribution >= 0.6 is 0 Å². The summed E-state index contributed by atoms with van der Waals surface area (Å²) < 4.78 is 0. The van der Waals surface area contributed by atoms with Gasteiger partial charge in [0.15, 0.2) is 0 Å². The smallest absolute Gasteiger partial charge is 0.0547 e. The Balaban J connectivity index is 2.24. The van der Waals surface area contributed by atoms with Gasteiger partial charge in [-0.3, -0.25) is 4.98 Å². The SMILES string of the molecule is CCNc1cncc(NCCCCC(C)C)c1. The molecule has 2 N–H and O–H groups in total. The van der Waals surface area contributed by atoms with E-state index in [0.717, 1.165) is 30.4 Å². The first-order valence-corrected chi connectivity index (χ1v) is 6.65. The Morgan fingerprint density at radius 3 is 2.47 bits per heavy atom. The first kappa shape index (κ1) is 13.8. The summed E-state index contributed by atoms with van der Waals surface area (Å²) in [4.78, 5) is 4.21. The third-order valence-electron chi connectivity index (χ3n) is 2.66. The summed E-state index contributed by atoms with van der Waals surface area (Å²) >= 11 is 0. The van der Waals surface area contributed by atoms with Gasteiger partial charge in [-0.1, -0.05) is 26.7 Å². The minimum atomic E-state index is 0.814. The number of anilines is 2. The molecule has 0 bridgehead atoms. The van der Waals surface area contributed by atoms with E-state index >= 15 is 0 Å². The van der Waals surface area contributed by atoms with Crippen molar-refractivity contribution in [3.8, 4) is 0 Å². The van der Waals surface area contributed by atoms with Crippen LogP contribution in [0, 0.1) is 5.92 Å². The molecule has 96 valence electrons. The molecule has 0 aromatic carbocycles. The number of aromatic nitrogens is 1. The zero-order chi connectivity index (χ0) is 12.5. The van der Waals surface area contributed by atoms with Crippen LogP contribution in [-0.4, -0.2) is 18.1 Å². The van der Waals surface area contributed by atoms with Crippen molar-refractivity contribution in [2.75, 3.05) is 23.7 Å². The molecule has 0 saturated carbocycles. The van der Waals surface area contributed by atoms with Gasteiger partial charge in [-0.25, -0.2) is 0 Å². The second-order valence-electron chi connectivity index (χ2n) is 4.81. The van der Waals surface area contributed by atoms with Crippen molar-refractivity contribution >= 4 is 11.4 Å². The van der Waals surface area contributed by atoms with E-state index in [9.17, 15) is 0 Å². The quantitative estimate of drug-likeness (QED) is 0.674. The van der Waals surface area contributed by atoms with E-state index in [4.69, 9.17) is 0 Å². The number of rotatable bonds is 8. The first-order valence-electron chi connectivity index (χ1n) is 6.65. The highest BCUT2D eigenvalue weighted by Crippen LogP contribution is 2.13. The number of nitrogens with one attached hydrogen (secondary N) is 2. The number of hydrogen-bond acceptors (Lipinski definition) is 3. The van der Waals surface area contributed by atoms with Gasteiger partial charge in [-0.2, -0.15) is 0 Å². The van der Waals surface area contributed by atoms with Crippen molar-refractivity contribution in [2.24, 2.45) is 5.92 Å². The predicted molar refractivity (Wildman–Crippen MR) is 75.6 cm³/mol. The molecule has 0 aliphatic heterocycles. The number of hydrogen-bond donors (Lipinski definition) is 2. The van der Waals surface area contributed by atoms with Gasteiger partial charge in [0, 0.05) is 13.1 Å². The number of nitrogens with zero attached hydrogens (tertiary/aromatic N) is 1. The minimum absolute atomic E-state index is 0.814. The fourth-order valence-corrected chi connectivity index (χ4v) is 1.75. The molecule has 17 heavy (non-hydrogen) atoms. The predicted octanol–water partition coefficient (Wildman–Crippen LogP) is 3.75. The molecule has 0 unspecified atom stereocenters. The van der Waals surface area contributed by atoms with Gasteiger partial charge in [0.25, 0.3) is 0 Å². The molecule has 1 heterocycles. The monoisotopic (exact) mass is 235 g/mol. The Bertz CT molecular complexity index is 310. The van der Waals surface area contributed by atoms with Gasteiger partial charge in [-0.05, 0) is 25.3 Å². The molecule has 0 amide bonds. The molecule has 1 aromatic rings. The lowest BCUT2D eigenvalue weighted by Crippen LogP contribution is -2.04. The van der Waals surface area contributed by atoms with Crippen LogP contribution in [0.4, 0.5) is 11.4 Å². The molecule has 1 rings (SSSR count). The third-order valence-corrected chi connectivity index (χ3v) is 2.66. The Morgan fingerprint density at radius 1 is 1.12 bits per heavy atom. The Morgan fingerprint density at radius 2 is 1.82 bits per heavy atom.